The Bertz CT molecular complexity index is 883. The van der Waals surface area contributed by atoms with Gasteiger partial charge in [0.2, 0.25) is 5.91 Å². The molecule has 6 nitrogen and oxygen atoms in total. The topological polar surface area (TPSA) is 53.1 Å². The second-order valence-electron chi connectivity index (χ2n) is 7.59. The van der Waals surface area contributed by atoms with Gasteiger partial charge in [0.25, 0.3) is 0 Å². The van der Waals surface area contributed by atoms with Crippen LogP contribution in [-0.2, 0) is 24.4 Å². The summed E-state index contributed by atoms with van der Waals surface area (Å²) in [5.74, 6) is 1.80. The van der Waals surface area contributed by atoms with Crippen molar-refractivity contribution in [2.45, 2.75) is 19.6 Å². The lowest BCUT2D eigenvalue weighted by molar-refractivity contribution is -0.134. The van der Waals surface area contributed by atoms with Crippen LogP contribution in [0.25, 0.3) is 0 Å². The highest BCUT2D eigenvalue weighted by molar-refractivity contribution is 6.30. The molecule has 0 aliphatic carbocycles. The fraction of sp³-hybridized carbons (Fsp3) is 0.348. The average Bonchev–Trinajstić information content (AvgIpc) is 3.43. The number of benzene rings is 1. The fourth-order valence-corrected chi connectivity index (χ4v) is 3.97. The van der Waals surface area contributed by atoms with Crippen molar-refractivity contribution in [2.75, 3.05) is 32.7 Å². The molecule has 1 aromatic carbocycles. The third-order valence-electron chi connectivity index (χ3n) is 5.30. The van der Waals surface area contributed by atoms with Crippen LogP contribution >= 0.6 is 11.6 Å². The molecule has 0 radical (unpaired) electrons. The molecule has 3 heterocycles. The van der Waals surface area contributed by atoms with Crippen molar-refractivity contribution in [3.63, 3.8) is 0 Å². The molecule has 1 aliphatic rings. The van der Waals surface area contributed by atoms with Gasteiger partial charge in [-0.1, -0.05) is 23.7 Å². The number of rotatable bonds is 8. The third kappa shape index (κ3) is 5.75. The molecule has 30 heavy (non-hydrogen) atoms. The van der Waals surface area contributed by atoms with Crippen molar-refractivity contribution >= 4 is 17.5 Å². The summed E-state index contributed by atoms with van der Waals surface area (Å²) in [6, 6.07) is 15.5. The van der Waals surface area contributed by atoms with E-state index in [-0.39, 0.29) is 5.91 Å². The second kappa shape index (κ2) is 9.98. The van der Waals surface area contributed by atoms with Gasteiger partial charge >= 0.3 is 0 Å². The summed E-state index contributed by atoms with van der Waals surface area (Å²) in [5.41, 5.74) is 1.20. The summed E-state index contributed by atoms with van der Waals surface area (Å²) in [4.78, 5) is 19.3. The van der Waals surface area contributed by atoms with Crippen LogP contribution in [0, 0.1) is 0 Å². The monoisotopic (exact) mass is 427 g/mol. The van der Waals surface area contributed by atoms with Gasteiger partial charge in [0.1, 0.15) is 11.5 Å². The van der Waals surface area contributed by atoms with Crippen LogP contribution in [0.2, 0.25) is 5.02 Å². The number of halogens is 1. The van der Waals surface area contributed by atoms with Gasteiger partial charge in [0.15, 0.2) is 0 Å². The van der Waals surface area contributed by atoms with E-state index >= 15 is 0 Å². The number of carbonyl (C=O) groups excluding carboxylic acids is 1. The van der Waals surface area contributed by atoms with Crippen molar-refractivity contribution < 1.29 is 13.6 Å². The van der Waals surface area contributed by atoms with Crippen LogP contribution in [0.1, 0.15) is 17.1 Å². The van der Waals surface area contributed by atoms with Gasteiger partial charge in [-0.05, 0) is 42.0 Å². The smallest absolute Gasteiger partial charge is 0.236 e. The number of furan rings is 2. The lowest BCUT2D eigenvalue weighted by Gasteiger charge is -2.35. The molecule has 7 heteroatoms. The number of amides is 1. The van der Waals surface area contributed by atoms with Crippen molar-refractivity contribution in [3.05, 3.63) is 83.2 Å². The Hall–Kier alpha value is -2.54. The quantitative estimate of drug-likeness (QED) is 0.546. The highest BCUT2D eigenvalue weighted by Crippen LogP contribution is 2.15. The lowest BCUT2D eigenvalue weighted by atomic mass is 10.2. The number of hydrogen-bond donors (Lipinski definition) is 0. The predicted molar refractivity (Wildman–Crippen MR) is 115 cm³/mol. The zero-order valence-electron chi connectivity index (χ0n) is 16.9. The molecular formula is C23H26ClN3O3. The Kier molecular flexibility index (Phi) is 6.89. The molecule has 1 fully saturated rings. The van der Waals surface area contributed by atoms with E-state index < -0.39 is 0 Å². The molecule has 158 valence electrons. The van der Waals surface area contributed by atoms with Crippen molar-refractivity contribution in [1.82, 2.24) is 14.7 Å². The van der Waals surface area contributed by atoms with Crippen LogP contribution in [0.3, 0.4) is 0 Å². The molecule has 4 rings (SSSR count). The normalized spacial score (nSPS) is 15.1. The molecular weight excluding hydrogens is 402 g/mol. The zero-order chi connectivity index (χ0) is 20.8. The summed E-state index contributed by atoms with van der Waals surface area (Å²) in [6.07, 6.45) is 3.31. The molecule has 3 aromatic rings. The fourth-order valence-electron chi connectivity index (χ4n) is 3.75. The minimum absolute atomic E-state index is 0.135. The second-order valence-corrected chi connectivity index (χ2v) is 8.03. The van der Waals surface area contributed by atoms with Crippen molar-refractivity contribution in [2.24, 2.45) is 0 Å². The summed E-state index contributed by atoms with van der Waals surface area (Å²) in [5, 5.41) is 0.759. The Balaban J connectivity index is 1.30. The Labute approximate surface area is 181 Å². The van der Waals surface area contributed by atoms with Crippen molar-refractivity contribution in [1.29, 1.82) is 0 Å². The molecule has 1 saturated heterocycles. The Morgan fingerprint density at radius 1 is 0.933 bits per heavy atom. The third-order valence-corrected chi connectivity index (χ3v) is 5.53. The maximum atomic E-state index is 13.0. The highest BCUT2D eigenvalue weighted by Gasteiger charge is 2.23. The molecule has 0 bridgehead atoms. The van der Waals surface area contributed by atoms with E-state index in [4.69, 9.17) is 20.4 Å². The summed E-state index contributed by atoms with van der Waals surface area (Å²) >= 11 is 6.09. The molecule has 0 atom stereocenters. The molecule has 1 amide bonds. The van der Waals surface area contributed by atoms with Gasteiger partial charge in [-0.3, -0.25) is 14.6 Å². The molecule has 0 N–H and O–H groups in total. The zero-order valence-corrected chi connectivity index (χ0v) is 17.6. The van der Waals surface area contributed by atoms with E-state index in [9.17, 15) is 4.79 Å². The van der Waals surface area contributed by atoms with Gasteiger partial charge in [-0.15, -0.1) is 0 Å². The average molecular weight is 428 g/mol. The Morgan fingerprint density at radius 2 is 1.60 bits per heavy atom. The van der Waals surface area contributed by atoms with Crippen LogP contribution in [-0.4, -0.2) is 53.3 Å². The predicted octanol–water partition coefficient (Wildman–Crippen LogP) is 3.87. The summed E-state index contributed by atoms with van der Waals surface area (Å²) in [7, 11) is 0. The summed E-state index contributed by atoms with van der Waals surface area (Å²) < 4.78 is 11.0. The standard InChI is InChI=1S/C23H26ClN3O3/c24-20-5-1-4-19(14-20)15-25-8-10-27(11-9-25)23(28)18-26(16-21-6-2-12-29-21)17-22-7-3-13-30-22/h1-7,12-14H,8-11,15-18H2. The van der Waals surface area contributed by atoms with Crippen LogP contribution in [0.15, 0.2) is 69.9 Å². The minimum Gasteiger partial charge on any atom is -0.468 e. The molecule has 0 saturated carbocycles. The number of hydrogen-bond acceptors (Lipinski definition) is 5. The van der Waals surface area contributed by atoms with E-state index in [0.29, 0.717) is 19.6 Å². The van der Waals surface area contributed by atoms with Gasteiger partial charge in [-0.25, -0.2) is 0 Å². The first-order chi connectivity index (χ1) is 14.7. The van der Waals surface area contributed by atoms with E-state index in [1.165, 1.54) is 5.56 Å². The molecule has 0 spiro atoms. The van der Waals surface area contributed by atoms with Gasteiger partial charge < -0.3 is 13.7 Å². The van der Waals surface area contributed by atoms with Crippen LogP contribution in [0.4, 0.5) is 0 Å². The van der Waals surface area contributed by atoms with Crippen LogP contribution < -0.4 is 0 Å². The van der Waals surface area contributed by atoms with Crippen molar-refractivity contribution in [3.8, 4) is 0 Å². The Morgan fingerprint density at radius 3 is 2.17 bits per heavy atom. The maximum absolute atomic E-state index is 13.0. The first-order valence-corrected chi connectivity index (χ1v) is 10.6. The first kappa shape index (κ1) is 20.7. The van der Waals surface area contributed by atoms with Gasteiger partial charge in [0.05, 0.1) is 32.2 Å². The van der Waals surface area contributed by atoms with Gasteiger partial charge in [-0.2, -0.15) is 0 Å². The largest absolute Gasteiger partial charge is 0.468 e. The number of piperazine rings is 1. The summed E-state index contributed by atoms with van der Waals surface area (Å²) in [6.45, 7) is 5.48. The van der Waals surface area contributed by atoms with E-state index in [0.717, 1.165) is 49.3 Å². The van der Waals surface area contributed by atoms with E-state index in [2.05, 4.69) is 15.9 Å². The van der Waals surface area contributed by atoms with E-state index in [1.807, 2.05) is 47.4 Å². The lowest BCUT2D eigenvalue weighted by Crippen LogP contribution is -2.50. The first-order valence-electron chi connectivity index (χ1n) is 10.2. The minimum atomic E-state index is 0.135. The molecule has 1 aliphatic heterocycles. The number of nitrogens with zero attached hydrogens (tertiary/aromatic N) is 3. The SMILES string of the molecule is O=C(CN(Cc1ccco1)Cc1ccco1)N1CCN(Cc2cccc(Cl)c2)CC1. The van der Waals surface area contributed by atoms with E-state index in [1.54, 1.807) is 12.5 Å². The number of carbonyl (C=O) groups is 1. The molecule has 2 aromatic heterocycles. The van der Waals surface area contributed by atoms with Crippen LogP contribution in [0.5, 0.6) is 0 Å². The maximum Gasteiger partial charge on any atom is 0.236 e. The van der Waals surface area contributed by atoms with Gasteiger partial charge in [0, 0.05) is 37.7 Å². The molecule has 0 unspecified atom stereocenters. The highest BCUT2D eigenvalue weighted by atomic mass is 35.5.